The number of hydrogen-bond donors (Lipinski definition) is 2. The molecule has 0 aliphatic rings. The van der Waals surface area contributed by atoms with Gasteiger partial charge in [-0.2, -0.15) is 5.10 Å². The van der Waals surface area contributed by atoms with Gasteiger partial charge in [0.25, 0.3) is 0 Å². The molecule has 2 N–H and O–H groups in total. The van der Waals surface area contributed by atoms with E-state index in [-0.39, 0.29) is 18.5 Å². The van der Waals surface area contributed by atoms with Gasteiger partial charge in [0.15, 0.2) is 0 Å². The number of carboxylic acids is 1. The van der Waals surface area contributed by atoms with Crippen LogP contribution in [0.3, 0.4) is 0 Å². The zero-order valence-corrected chi connectivity index (χ0v) is 13.8. The molecule has 1 aromatic heterocycles. The molecule has 7 nitrogen and oxygen atoms in total. The van der Waals surface area contributed by atoms with E-state index in [0.29, 0.717) is 13.0 Å². The Labute approximate surface area is 131 Å². The Balaban J connectivity index is 2.60. The van der Waals surface area contributed by atoms with Gasteiger partial charge in [-0.1, -0.05) is 19.8 Å². The molecule has 0 spiro atoms. The molecule has 0 saturated heterocycles. The normalized spacial score (nSPS) is 12.0. The Kier molecular flexibility index (Phi) is 6.88. The molecule has 0 bridgehead atoms. The van der Waals surface area contributed by atoms with Crippen molar-refractivity contribution in [2.75, 3.05) is 7.05 Å². The maximum Gasteiger partial charge on any atom is 0.317 e. The van der Waals surface area contributed by atoms with Crippen LogP contribution in [0.5, 0.6) is 0 Å². The average Bonchev–Trinajstić information content (AvgIpc) is 2.76. The molecule has 1 aromatic rings. The Morgan fingerprint density at radius 1 is 1.50 bits per heavy atom. The van der Waals surface area contributed by atoms with Crippen LogP contribution in [0.4, 0.5) is 4.79 Å². The van der Waals surface area contributed by atoms with Crippen LogP contribution < -0.4 is 5.32 Å². The van der Waals surface area contributed by atoms with E-state index >= 15 is 0 Å². The van der Waals surface area contributed by atoms with Gasteiger partial charge >= 0.3 is 12.0 Å². The molecule has 124 valence electrons. The van der Waals surface area contributed by atoms with Crippen molar-refractivity contribution in [3.05, 3.63) is 17.5 Å². The van der Waals surface area contributed by atoms with E-state index in [1.807, 2.05) is 20.9 Å². The van der Waals surface area contributed by atoms with Gasteiger partial charge in [-0.25, -0.2) is 4.79 Å². The molecule has 0 aliphatic carbocycles. The summed E-state index contributed by atoms with van der Waals surface area (Å²) in [6.07, 6.45) is 4.23. The summed E-state index contributed by atoms with van der Waals surface area (Å²) in [4.78, 5) is 24.6. The zero-order chi connectivity index (χ0) is 16.7. The highest BCUT2D eigenvalue weighted by Crippen LogP contribution is 2.10. The predicted octanol–water partition coefficient (Wildman–Crippen LogP) is 1.90. The summed E-state index contributed by atoms with van der Waals surface area (Å²) < 4.78 is 1.76. The lowest BCUT2D eigenvalue weighted by atomic mass is 10.1. The second-order valence-corrected chi connectivity index (χ2v) is 5.62. The molecule has 0 radical (unpaired) electrons. The number of hydrogen-bond acceptors (Lipinski definition) is 3. The van der Waals surface area contributed by atoms with E-state index in [9.17, 15) is 9.59 Å². The molecule has 0 fully saturated rings. The van der Waals surface area contributed by atoms with Crippen molar-refractivity contribution in [3.8, 4) is 0 Å². The fourth-order valence-corrected chi connectivity index (χ4v) is 2.20. The number of carbonyl (C=O) groups is 2. The number of rotatable bonds is 8. The Hall–Kier alpha value is -2.05. The highest BCUT2D eigenvalue weighted by Gasteiger charge is 2.18. The van der Waals surface area contributed by atoms with Gasteiger partial charge in [0, 0.05) is 31.4 Å². The molecular formula is C15H26N4O3. The number of nitrogens with one attached hydrogen (secondary N) is 1. The van der Waals surface area contributed by atoms with Gasteiger partial charge in [0.05, 0.1) is 19.2 Å². The van der Waals surface area contributed by atoms with Crippen LogP contribution >= 0.6 is 0 Å². The minimum absolute atomic E-state index is 0.0501. The summed E-state index contributed by atoms with van der Waals surface area (Å²) in [5.74, 6) is -0.896. The number of urea groups is 1. The zero-order valence-electron chi connectivity index (χ0n) is 13.8. The predicted molar refractivity (Wildman–Crippen MR) is 83.5 cm³/mol. The van der Waals surface area contributed by atoms with E-state index in [4.69, 9.17) is 5.11 Å². The van der Waals surface area contributed by atoms with Crippen molar-refractivity contribution in [2.24, 2.45) is 7.05 Å². The minimum Gasteiger partial charge on any atom is -0.481 e. The lowest BCUT2D eigenvalue weighted by Gasteiger charge is -2.22. The number of carbonyl (C=O) groups excluding carboxylic acids is 1. The van der Waals surface area contributed by atoms with Crippen LogP contribution in [-0.2, 0) is 18.4 Å². The van der Waals surface area contributed by atoms with Crippen molar-refractivity contribution in [2.45, 2.75) is 52.1 Å². The Morgan fingerprint density at radius 2 is 2.18 bits per heavy atom. The van der Waals surface area contributed by atoms with Crippen molar-refractivity contribution in [1.82, 2.24) is 20.0 Å². The third-order valence-electron chi connectivity index (χ3n) is 3.75. The first-order chi connectivity index (χ1) is 10.3. The summed E-state index contributed by atoms with van der Waals surface area (Å²) in [7, 11) is 3.55. The summed E-state index contributed by atoms with van der Waals surface area (Å²) in [6, 6.07) is -0.590. The Morgan fingerprint density at radius 3 is 2.68 bits per heavy atom. The van der Waals surface area contributed by atoms with Crippen molar-refractivity contribution in [3.63, 3.8) is 0 Å². The van der Waals surface area contributed by atoms with Crippen molar-refractivity contribution >= 4 is 12.0 Å². The second kappa shape index (κ2) is 8.41. The van der Waals surface area contributed by atoms with Crippen LogP contribution in [-0.4, -0.2) is 44.9 Å². The van der Waals surface area contributed by atoms with E-state index in [0.717, 1.165) is 24.1 Å². The van der Waals surface area contributed by atoms with E-state index in [1.165, 1.54) is 0 Å². The standard InChI is InChI=1S/C15H26N4O3/c1-5-6-7-13(8-14(20)21)17-15(22)18(3)10-12-9-16-19(4)11(12)2/h9,13H,5-8,10H2,1-4H3,(H,17,22)(H,20,21)/t13-/m1/s1. The molecule has 2 amide bonds. The van der Waals surface area contributed by atoms with Gasteiger partial charge in [-0.05, 0) is 13.3 Å². The SMILES string of the molecule is CCCC[C@H](CC(=O)O)NC(=O)N(C)Cc1cnn(C)c1C. The lowest BCUT2D eigenvalue weighted by molar-refractivity contribution is -0.137. The monoisotopic (exact) mass is 310 g/mol. The van der Waals surface area contributed by atoms with Gasteiger partial charge < -0.3 is 15.3 Å². The maximum absolute atomic E-state index is 12.2. The summed E-state index contributed by atoms with van der Waals surface area (Å²) in [6.45, 7) is 4.43. The van der Waals surface area contributed by atoms with Crippen LogP contribution in [0.2, 0.25) is 0 Å². The molecule has 0 saturated carbocycles. The van der Waals surface area contributed by atoms with Crippen molar-refractivity contribution in [1.29, 1.82) is 0 Å². The number of nitrogens with zero attached hydrogens (tertiary/aromatic N) is 3. The molecule has 1 atom stereocenters. The van der Waals surface area contributed by atoms with E-state index in [1.54, 1.807) is 22.8 Å². The maximum atomic E-state index is 12.2. The average molecular weight is 310 g/mol. The fraction of sp³-hybridized carbons (Fsp3) is 0.667. The Bertz CT molecular complexity index is 513. The number of unbranched alkanes of at least 4 members (excludes halogenated alkanes) is 1. The minimum atomic E-state index is -0.896. The number of aryl methyl sites for hydroxylation is 1. The quantitative estimate of drug-likeness (QED) is 0.767. The largest absolute Gasteiger partial charge is 0.481 e. The fourth-order valence-electron chi connectivity index (χ4n) is 2.20. The van der Waals surface area contributed by atoms with Gasteiger partial charge in [-0.15, -0.1) is 0 Å². The number of amides is 2. The number of aromatic nitrogens is 2. The molecule has 1 heterocycles. The van der Waals surface area contributed by atoms with Gasteiger partial charge in [0.1, 0.15) is 0 Å². The molecule has 0 unspecified atom stereocenters. The summed E-state index contributed by atoms with van der Waals surface area (Å²) >= 11 is 0. The molecule has 22 heavy (non-hydrogen) atoms. The molecule has 7 heteroatoms. The van der Waals surface area contributed by atoms with E-state index < -0.39 is 5.97 Å². The lowest BCUT2D eigenvalue weighted by Crippen LogP contribution is -2.43. The van der Waals surface area contributed by atoms with Gasteiger partial charge in [-0.3, -0.25) is 9.48 Å². The third-order valence-corrected chi connectivity index (χ3v) is 3.75. The highest BCUT2D eigenvalue weighted by molar-refractivity contribution is 5.75. The molecular weight excluding hydrogens is 284 g/mol. The number of aliphatic carboxylic acids is 1. The molecule has 1 rings (SSSR count). The van der Waals surface area contributed by atoms with Crippen molar-refractivity contribution < 1.29 is 14.7 Å². The second-order valence-electron chi connectivity index (χ2n) is 5.62. The first-order valence-corrected chi connectivity index (χ1v) is 7.56. The topological polar surface area (TPSA) is 87.5 Å². The summed E-state index contributed by atoms with van der Waals surface area (Å²) in [5, 5.41) is 15.9. The first-order valence-electron chi connectivity index (χ1n) is 7.56. The summed E-state index contributed by atoms with van der Waals surface area (Å²) in [5.41, 5.74) is 1.98. The molecule has 0 aliphatic heterocycles. The van der Waals surface area contributed by atoms with Gasteiger partial charge in [0.2, 0.25) is 0 Å². The number of carboxylic acid groups (broad SMARTS) is 1. The highest BCUT2D eigenvalue weighted by atomic mass is 16.4. The van der Waals surface area contributed by atoms with Crippen LogP contribution in [0.25, 0.3) is 0 Å². The third kappa shape index (κ3) is 5.38. The smallest absolute Gasteiger partial charge is 0.317 e. The first kappa shape index (κ1) is 18.0. The van der Waals surface area contributed by atoms with Crippen LogP contribution in [0.1, 0.15) is 43.9 Å². The van der Waals surface area contributed by atoms with E-state index in [2.05, 4.69) is 10.4 Å². The van der Waals surface area contributed by atoms with Crippen LogP contribution in [0.15, 0.2) is 6.20 Å². The molecule has 0 aromatic carbocycles. The van der Waals surface area contributed by atoms with Crippen LogP contribution in [0, 0.1) is 6.92 Å².